The molecule has 0 unspecified atom stereocenters. The molecule has 182 valence electrons. The molecule has 8 nitrogen and oxygen atoms in total. The SMILES string of the molecule is COc1ncc(-c2ccc(-c3cnc(N(C4CC4)[C@H]4C[C@@H]5CC[C@H](N5)[C@H]4F)nn3)c(O)c2)cc1F. The molecule has 4 atom stereocenters. The molecule has 2 aromatic heterocycles. The molecule has 3 aliphatic rings. The van der Waals surface area contributed by atoms with Gasteiger partial charge in [0, 0.05) is 35.4 Å². The number of halogens is 2. The molecule has 0 amide bonds. The van der Waals surface area contributed by atoms with Crippen LogP contribution in [0.1, 0.15) is 32.1 Å². The van der Waals surface area contributed by atoms with Crippen LogP contribution in [0.4, 0.5) is 14.7 Å². The Morgan fingerprint density at radius 3 is 2.60 bits per heavy atom. The predicted octanol–water partition coefficient (Wildman–Crippen LogP) is 3.65. The predicted molar refractivity (Wildman–Crippen MR) is 125 cm³/mol. The van der Waals surface area contributed by atoms with Crippen LogP contribution < -0.4 is 15.0 Å². The van der Waals surface area contributed by atoms with E-state index in [-0.39, 0.29) is 29.8 Å². The fourth-order valence-electron chi connectivity index (χ4n) is 5.35. The molecule has 2 saturated heterocycles. The summed E-state index contributed by atoms with van der Waals surface area (Å²) >= 11 is 0. The number of aromatic hydroxyl groups is 1. The van der Waals surface area contributed by atoms with Gasteiger partial charge in [0.15, 0.2) is 5.82 Å². The van der Waals surface area contributed by atoms with Crippen LogP contribution in [0.3, 0.4) is 0 Å². The van der Waals surface area contributed by atoms with E-state index in [1.165, 1.54) is 25.4 Å². The minimum absolute atomic E-state index is 0.0413. The number of phenolic OH excluding ortho intramolecular Hbond substituents is 1. The number of pyridine rings is 1. The van der Waals surface area contributed by atoms with E-state index >= 15 is 4.39 Å². The molecule has 1 aromatic carbocycles. The van der Waals surface area contributed by atoms with Crippen LogP contribution in [-0.4, -0.2) is 62.7 Å². The highest BCUT2D eigenvalue weighted by atomic mass is 19.1. The van der Waals surface area contributed by atoms with Gasteiger partial charge in [0.1, 0.15) is 17.6 Å². The zero-order valence-corrected chi connectivity index (χ0v) is 19.2. The lowest BCUT2D eigenvalue weighted by Gasteiger charge is -2.40. The topological polar surface area (TPSA) is 96.3 Å². The Morgan fingerprint density at radius 1 is 1.06 bits per heavy atom. The molecule has 6 rings (SSSR count). The Kier molecular flexibility index (Phi) is 5.47. The monoisotopic (exact) mass is 480 g/mol. The summed E-state index contributed by atoms with van der Waals surface area (Å²) in [5, 5.41) is 22.7. The van der Waals surface area contributed by atoms with Gasteiger partial charge in [-0.15, -0.1) is 10.2 Å². The summed E-state index contributed by atoms with van der Waals surface area (Å²) in [6.45, 7) is 0. The highest BCUT2D eigenvalue weighted by Gasteiger charge is 2.48. The Labute approximate surface area is 201 Å². The van der Waals surface area contributed by atoms with E-state index in [4.69, 9.17) is 4.74 Å². The zero-order valence-electron chi connectivity index (χ0n) is 19.2. The molecule has 3 aromatic rings. The van der Waals surface area contributed by atoms with Crippen LogP contribution in [-0.2, 0) is 0 Å². The van der Waals surface area contributed by atoms with E-state index in [2.05, 4.69) is 25.5 Å². The van der Waals surface area contributed by atoms with Crippen molar-refractivity contribution in [3.05, 3.63) is 42.5 Å². The Balaban J connectivity index is 1.25. The number of ether oxygens (including phenoxy) is 1. The maximum atomic E-state index is 15.3. The first kappa shape index (κ1) is 22.1. The number of hydrogen-bond donors (Lipinski definition) is 2. The Morgan fingerprint density at radius 2 is 1.91 bits per heavy atom. The van der Waals surface area contributed by atoms with E-state index in [0.717, 1.165) is 32.1 Å². The number of piperidine rings is 1. The summed E-state index contributed by atoms with van der Waals surface area (Å²) in [4.78, 5) is 10.5. The molecule has 10 heteroatoms. The smallest absolute Gasteiger partial charge is 0.250 e. The molecular weight excluding hydrogens is 454 g/mol. The molecule has 4 heterocycles. The van der Waals surface area contributed by atoms with Gasteiger partial charge in [0.05, 0.1) is 19.3 Å². The Bertz CT molecular complexity index is 1240. The molecule has 2 aliphatic heterocycles. The molecule has 3 fully saturated rings. The first-order chi connectivity index (χ1) is 17.0. The van der Waals surface area contributed by atoms with Gasteiger partial charge in [0.2, 0.25) is 11.8 Å². The van der Waals surface area contributed by atoms with Crippen LogP contribution in [0, 0.1) is 5.82 Å². The standard InChI is InChI=1S/C25H26F2N6O2/c1-35-24-18(26)8-14(11-28-24)13-2-6-17(22(34)9-13)20-12-29-25(32-31-20)33(16-4-5-16)21-10-15-3-7-19(30-15)23(21)27/h2,6,8-9,11-12,15-16,19,21,23,30,34H,3-5,7,10H2,1H3/t15-,19-,21-,23+/m0/s1. The number of anilines is 1. The fraction of sp³-hybridized carbons (Fsp3) is 0.440. The van der Waals surface area contributed by atoms with Gasteiger partial charge >= 0.3 is 0 Å². The van der Waals surface area contributed by atoms with Gasteiger partial charge in [-0.25, -0.2) is 18.7 Å². The maximum absolute atomic E-state index is 15.3. The van der Waals surface area contributed by atoms with Crippen LogP contribution >= 0.6 is 0 Å². The largest absolute Gasteiger partial charge is 0.507 e. The van der Waals surface area contributed by atoms with Gasteiger partial charge in [-0.3, -0.25) is 0 Å². The lowest BCUT2D eigenvalue weighted by atomic mass is 9.96. The van der Waals surface area contributed by atoms with Crippen molar-refractivity contribution in [2.45, 2.75) is 62.4 Å². The summed E-state index contributed by atoms with van der Waals surface area (Å²) in [6.07, 6.45) is 6.68. The third kappa shape index (κ3) is 4.05. The average molecular weight is 481 g/mol. The minimum atomic E-state index is -0.966. The van der Waals surface area contributed by atoms with Crippen molar-refractivity contribution in [2.75, 3.05) is 12.0 Å². The maximum Gasteiger partial charge on any atom is 0.250 e. The first-order valence-corrected chi connectivity index (χ1v) is 11.9. The van der Waals surface area contributed by atoms with Crippen molar-refractivity contribution < 1.29 is 18.6 Å². The van der Waals surface area contributed by atoms with Crippen LogP contribution in [0.15, 0.2) is 36.7 Å². The number of benzene rings is 1. The molecule has 35 heavy (non-hydrogen) atoms. The molecule has 0 radical (unpaired) electrons. The number of nitrogens with one attached hydrogen (secondary N) is 1. The van der Waals surface area contributed by atoms with Crippen LogP contribution in [0.25, 0.3) is 22.4 Å². The third-order valence-corrected chi connectivity index (χ3v) is 7.24. The summed E-state index contributed by atoms with van der Waals surface area (Å²) in [6, 6.07) is 6.47. The fourth-order valence-corrected chi connectivity index (χ4v) is 5.35. The summed E-state index contributed by atoms with van der Waals surface area (Å²) < 4.78 is 34.2. The lowest BCUT2D eigenvalue weighted by Crippen LogP contribution is -2.57. The number of hydrogen-bond acceptors (Lipinski definition) is 8. The minimum Gasteiger partial charge on any atom is -0.507 e. The van der Waals surface area contributed by atoms with Crippen molar-refractivity contribution in [1.82, 2.24) is 25.5 Å². The highest BCUT2D eigenvalue weighted by molar-refractivity contribution is 5.73. The number of fused-ring (bicyclic) bond motifs is 2. The van der Waals surface area contributed by atoms with E-state index in [9.17, 15) is 9.50 Å². The van der Waals surface area contributed by atoms with Crippen molar-refractivity contribution >= 4 is 5.95 Å². The van der Waals surface area contributed by atoms with Crippen molar-refractivity contribution in [3.63, 3.8) is 0 Å². The van der Waals surface area contributed by atoms with Crippen molar-refractivity contribution in [1.29, 1.82) is 0 Å². The number of nitrogens with zero attached hydrogens (tertiary/aromatic N) is 5. The normalized spacial score (nSPS) is 25.5. The quantitative estimate of drug-likeness (QED) is 0.552. The molecule has 1 saturated carbocycles. The van der Waals surface area contributed by atoms with Gasteiger partial charge in [-0.1, -0.05) is 6.07 Å². The second-order valence-electron chi connectivity index (χ2n) is 9.52. The lowest BCUT2D eigenvalue weighted by molar-refractivity contribution is 0.171. The number of methoxy groups -OCH3 is 1. The van der Waals surface area contributed by atoms with Gasteiger partial charge in [-0.05, 0) is 55.9 Å². The number of phenols is 1. The van der Waals surface area contributed by atoms with Gasteiger partial charge < -0.3 is 20.1 Å². The highest BCUT2D eigenvalue weighted by Crippen LogP contribution is 2.40. The number of rotatable bonds is 6. The second-order valence-corrected chi connectivity index (χ2v) is 9.52. The van der Waals surface area contributed by atoms with Gasteiger partial charge in [0.25, 0.3) is 0 Å². The van der Waals surface area contributed by atoms with E-state index in [1.807, 2.05) is 4.90 Å². The van der Waals surface area contributed by atoms with E-state index < -0.39 is 12.0 Å². The molecule has 2 bridgehead atoms. The Hall–Kier alpha value is -3.40. The molecule has 1 aliphatic carbocycles. The van der Waals surface area contributed by atoms with Crippen LogP contribution in [0.2, 0.25) is 0 Å². The number of alkyl halides is 1. The zero-order chi connectivity index (χ0) is 24.1. The average Bonchev–Trinajstić information content (AvgIpc) is 3.62. The van der Waals surface area contributed by atoms with E-state index in [0.29, 0.717) is 34.4 Å². The summed E-state index contributed by atoms with van der Waals surface area (Å²) in [5.41, 5.74) is 1.94. The van der Waals surface area contributed by atoms with E-state index in [1.54, 1.807) is 18.3 Å². The summed E-state index contributed by atoms with van der Waals surface area (Å²) in [7, 11) is 1.35. The first-order valence-electron chi connectivity index (χ1n) is 11.9. The van der Waals surface area contributed by atoms with Gasteiger partial charge in [-0.2, -0.15) is 0 Å². The van der Waals surface area contributed by atoms with Crippen molar-refractivity contribution in [2.24, 2.45) is 0 Å². The second kappa shape index (κ2) is 8.67. The number of aromatic nitrogens is 4. The molecular formula is C25H26F2N6O2. The third-order valence-electron chi connectivity index (χ3n) is 7.24. The molecule has 2 N–H and O–H groups in total. The molecule has 0 spiro atoms. The summed E-state index contributed by atoms with van der Waals surface area (Å²) in [5.74, 6) is -0.286. The van der Waals surface area contributed by atoms with Crippen molar-refractivity contribution in [3.8, 4) is 34.0 Å². The van der Waals surface area contributed by atoms with Crippen LogP contribution in [0.5, 0.6) is 11.6 Å².